The second kappa shape index (κ2) is 7.39. The van der Waals surface area contributed by atoms with E-state index < -0.39 is 5.82 Å². The summed E-state index contributed by atoms with van der Waals surface area (Å²) in [5, 5.41) is 7.84. The third-order valence-corrected chi connectivity index (χ3v) is 3.96. The first-order valence-corrected chi connectivity index (χ1v) is 8.26. The molecule has 0 atom stereocenters. The van der Waals surface area contributed by atoms with Crippen molar-refractivity contribution in [3.63, 3.8) is 0 Å². The molecule has 9 heteroatoms. The Balaban J connectivity index is 1.66. The predicted molar refractivity (Wildman–Crippen MR) is 96.1 cm³/mol. The summed E-state index contributed by atoms with van der Waals surface area (Å²) in [5.41, 5.74) is 1.16. The van der Waals surface area contributed by atoms with Crippen LogP contribution in [0.3, 0.4) is 0 Å². The molecule has 0 saturated carbocycles. The summed E-state index contributed by atoms with van der Waals surface area (Å²) in [7, 11) is 1.53. The highest BCUT2D eigenvalue weighted by molar-refractivity contribution is 6.02. The van der Waals surface area contributed by atoms with Gasteiger partial charge in [0.25, 0.3) is 0 Å². The second-order valence-corrected chi connectivity index (χ2v) is 5.88. The van der Waals surface area contributed by atoms with Crippen LogP contribution in [0, 0.1) is 5.82 Å². The number of aromatic nitrogens is 5. The summed E-state index contributed by atoms with van der Waals surface area (Å²) in [6.07, 6.45) is 7.28. The van der Waals surface area contributed by atoms with Crippen LogP contribution in [0.15, 0.2) is 55.4 Å². The first kappa shape index (κ1) is 17.5. The first-order valence-electron chi connectivity index (χ1n) is 8.26. The summed E-state index contributed by atoms with van der Waals surface area (Å²) in [5.74, 6) is 0.689. The van der Waals surface area contributed by atoms with E-state index in [1.54, 1.807) is 28.9 Å². The van der Waals surface area contributed by atoms with Crippen LogP contribution in [-0.4, -0.2) is 37.5 Å². The summed E-state index contributed by atoms with van der Waals surface area (Å²) in [4.78, 5) is 20.8. The topological polar surface area (TPSA) is 91.5 Å². The molecule has 0 aliphatic heterocycles. The number of rotatable bonds is 6. The van der Waals surface area contributed by atoms with Crippen molar-refractivity contribution in [2.45, 2.75) is 6.42 Å². The number of nitrogens with zero attached hydrogens (tertiary/aromatic N) is 5. The van der Waals surface area contributed by atoms with Gasteiger partial charge in [0.05, 0.1) is 43.9 Å². The van der Waals surface area contributed by atoms with E-state index in [2.05, 4.69) is 20.2 Å². The van der Waals surface area contributed by atoms with Crippen molar-refractivity contribution in [2.24, 2.45) is 0 Å². The molecule has 0 aromatic carbocycles. The zero-order chi connectivity index (χ0) is 19.5. The highest BCUT2D eigenvalue weighted by Gasteiger charge is 2.16. The fourth-order valence-corrected chi connectivity index (χ4v) is 2.65. The highest BCUT2D eigenvalue weighted by atomic mass is 19.1. The quantitative estimate of drug-likeness (QED) is 0.476. The van der Waals surface area contributed by atoms with Crippen LogP contribution in [0.1, 0.15) is 16.1 Å². The van der Waals surface area contributed by atoms with Crippen molar-refractivity contribution in [3.8, 4) is 17.2 Å². The number of Topliss-reactive ketones (excluding diaryl/α,β-unsaturated/α-hetero) is 1. The number of halogens is 1. The maximum atomic E-state index is 13.0. The molecule has 4 aromatic heterocycles. The van der Waals surface area contributed by atoms with E-state index >= 15 is 0 Å². The number of hydrogen-bond acceptors (Lipinski definition) is 7. The molecular formula is C19H14FN5O3. The number of ether oxygens (including phenoxy) is 2. The third-order valence-electron chi connectivity index (χ3n) is 3.96. The molecule has 0 aliphatic rings. The van der Waals surface area contributed by atoms with Crippen molar-refractivity contribution in [3.05, 3.63) is 72.5 Å². The molecule has 0 saturated heterocycles. The molecule has 140 valence electrons. The van der Waals surface area contributed by atoms with Crippen LogP contribution in [0.4, 0.5) is 4.39 Å². The van der Waals surface area contributed by atoms with Gasteiger partial charge < -0.3 is 9.47 Å². The third kappa shape index (κ3) is 3.63. The molecule has 4 aromatic rings. The van der Waals surface area contributed by atoms with Gasteiger partial charge in [-0.2, -0.15) is 0 Å². The molecular weight excluding hydrogens is 365 g/mol. The molecule has 28 heavy (non-hydrogen) atoms. The van der Waals surface area contributed by atoms with E-state index in [9.17, 15) is 9.18 Å². The average Bonchev–Trinajstić information content (AvgIpc) is 3.18. The van der Waals surface area contributed by atoms with Crippen LogP contribution in [0.5, 0.6) is 17.2 Å². The Hall–Kier alpha value is -3.88. The molecule has 0 amide bonds. The predicted octanol–water partition coefficient (Wildman–Crippen LogP) is 2.88. The molecule has 0 radical (unpaired) electrons. The monoisotopic (exact) mass is 379 g/mol. The van der Waals surface area contributed by atoms with Gasteiger partial charge in [0, 0.05) is 11.8 Å². The van der Waals surface area contributed by atoms with Gasteiger partial charge in [-0.3, -0.25) is 19.2 Å². The van der Waals surface area contributed by atoms with Crippen molar-refractivity contribution < 1.29 is 18.7 Å². The SMILES string of the molecule is COc1cncc(Oc2cc(C(=O)Cc3ccc(F)cn3)c3nncn3c2)c1. The smallest absolute Gasteiger partial charge is 0.172 e. The molecule has 4 rings (SSSR count). The van der Waals surface area contributed by atoms with Crippen molar-refractivity contribution in [1.29, 1.82) is 0 Å². The maximum Gasteiger partial charge on any atom is 0.172 e. The number of ketones is 1. The Morgan fingerprint density at radius 3 is 2.79 bits per heavy atom. The standard InChI is InChI=1S/C19H14FN5O3/c1-27-14-5-15(9-21-8-14)28-16-6-17(19-24-23-11-25(19)10-16)18(26)4-13-3-2-12(20)7-22-13/h2-3,5-11H,4H2,1H3. The number of pyridine rings is 3. The normalized spacial score (nSPS) is 10.8. The van der Waals surface area contributed by atoms with Crippen molar-refractivity contribution in [1.82, 2.24) is 24.6 Å². The zero-order valence-corrected chi connectivity index (χ0v) is 14.7. The number of hydrogen-bond donors (Lipinski definition) is 0. The first-order chi connectivity index (χ1) is 13.6. The van der Waals surface area contributed by atoms with Gasteiger partial charge in [0.2, 0.25) is 0 Å². The lowest BCUT2D eigenvalue weighted by molar-refractivity contribution is 0.0992. The van der Waals surface area contributed by atoms with Gasteiger partial charge in [-0.25, -0.2) is 4.39 Å². The second-order valence-electron chi connectivity index (χ2n) is 5.88. The van der Waals surface area contributed by atoms with E-state index in [0.717, 1.165) is 6.20 Å². The Labute approximate surface area is 158 Å². The van der Waals surface area contributed by atoms with Gasteiger partial charge in [-0.15, -0.1) is 10.2 Å². The van der Waals surface area contributed by atoms with E-state index in [4.69, 9.17) is 9.47 Å². The molecule has 8 nitrogen and oxygen atoms in total. The van der Waals surface area contributed by atoms with Crippen LogP contribution in [-0.2, 0) is 6.42 Å². The molecule has 0 spiro atoms. The van der Waals surface area contributed by atoms with E-state index in [1.807, 2.05) is 0 Å². The molecule has 0 aliphatic carbocycles. The molecule has 0 fully saturated rings. The van der Waals surface area contributed by atoms with E-state index in [1.165, 1.54) is 31.8 Å². The zero-order valence-electron chi connectivity index (χ0n) is 14.7. The molecule has 0 unspecified atom stereocenters. The summed E-state index contributed by atoms with van der Waals surface area (Å²) in [6, 6.07) is 5.98. The summed E-state index contributed by atoms with van der Waals surface area (Å²) >= 11 is 0. The van der Waals surface area contributed by atoms with Crippen molar-refractivity contribution >= 4 is 11.4 Å². The Bertz CT molecular complexity index is 1140. The lowest BCUT2D eigenvalue weighted by atomic mass is 10.1. The lowest BCUT2D eigenvalue weighted by Crippen LogP contribution is -2.08. The van der Waals surface area contributed by atoms with Gasteiger partial charge in [0.15, 0.2) is 11.4 Å². The highest BCUT2D eigenvalue weighted by Crippen LogP contribution is 2.26. The number of methoxy groups -OCH3 is 1. The van der Waals surface area contributed by atoms with E-state index in [-0.39, 0.29) is 12.2 Å². The van der Waals surface area contributed by atoms with Gasteiger partial charge in [0.1, 0.15) is 29.4 Å². The van der Waals surface area contributed by atoms with Gasteiger partial charge in [-0.05, 0) is 18.2 Å². The Kier molecular flexibility index (Phi) is 4.63. The van der Waals surface area contributed by atoms with Crippen LogP contribution < -0.4 is 9.47 Å². The van der Waals surface area contributed by atoms with E-state index in [0.29, 0.717) is 34.2 Å². The van der Waals surface area contributed by atoms with Crippen LogP contribution >= 0.6 is 0 Å². The minimum atomic E-state index is -0.460. The molecule has 4 heterocycles. The Morgan fingerprint density at radius 2 is 2.00 bits per heavy atom. The fraction of sp³-hybridized carbons (Fsp3) is 0.105. The van der Waals surface area contributed by atoms with Crippen LogP contribution in [0.2, 0.25) is 0 Å². The maximum absolute atomic E-state index is 13.0. The van der Waals surface area contributed by atoms with Gasteiger partial charge in [-0.1, -0.05) is 0 Å². The molecule has 0 bridgehead atoms. The largest absolute Gasteiger partial charge is 0.495 e. The Morgan fingerprint density at radius 1 is 1.14 bits per heavy atom. The summed E-state index contributed by atoms with van der Waals surface area (Å²) in [6.45, 7) is 0. The minimum Gasteiger partial charge on any atom is -0.495 e. The minimum absolute atomic E-state index is 0.00698. The fourth-order valence-electron chi connectivity index (χ4n) is 2.65. The lowest BCUT2D eigenvalue weighted by Gasteiger charge is -2.09. The number of fused-ring (bicyclic) bond motifs is 1. The number of carbonyl (C=O) groups excluding carboxylic acids is 1. The number of carbonyl (C=O) groups is 1. The van der Waals surface area contributed by atoms with Crippen molar-refractivity contribution in [2.75, 3.05) is 7.11 Å². The van der Waals surface area contributed by atoms with Gasteiger partial charge >= 0.3 is 0 Å². The molecule has 0 N–H and O–H groups in total. The average molecular weight is 379 g/mol. The summed E-state index contributed by atoms with van der Waals surface area (Å²) < 4.78 is 25.6. The van der Waals surface area contributed by atoms with Crippen LogP contribution in [0.25, 0.3) is 5.65 Å².